The smallest absolute Gasteiger partial charge is 0.253 e. The topological polar surface area (TPSA) is 41.5 Å². The molecule has 0 radical (unpaired) electrons. The zero-order valence-electron chi connectivity index (χ0n) is 10.7. The molecule has 5 heteroatoms. The maximum Gasteiger partial charge on any atom is 0.253 e. The van der Waals surface area contributed by atoms with Crippen LogP contribution in [0.2, 0.25) is 5.02 Å². The first-order valence-electron chi connectivity index (χ1n) is 5.78. The van der Waals surface area contributed by atoms with Gasteiger partial charge in [-0.25, -0.2) is 5.43 Å². The van der Waals surface area contributed by atoms with Gasteiger partial charge in [0.15, 0.2) is 0 Å². The largest absolute Gasteiger partial charge is 0.272 e. The summed E-state index contributed by atoms with van der Waals surface area (Å²) in [6.07, 6.45) is 0.832. The molecule has 18 heavy (non-hydrogen) atoms. The number of rotatable bonds is 5. The summed E-state index contributed by atoms with van der Waals surface area (Å²) in [6.45, 7) is 5.74. The number of hydrogen-bond donors (Lipinski definition) is 1. The van der Waals surface area contributed by atoms with E-state index in [4.69, 9.17) is 11.6 Å². The summed E-state index contributed by atoms with van der Waals surface area (Å²) in [5.41, 5.74) is 3.48. The zero-order valence-corrected chi connectivity index (χ0v) is 12.3. The lowest BCUT2D eigenvalue weighted by Crippen LogP contribution is -2.27. The molecule has 1 aromatic carbocycles. The molecule has 0 aliphatic carbocycles. The zero-order chi connectivity index (χ0) is 13.5. The fraction of sp³-hybridized carbons (Fsp3) is 0.385. The minimum Gasteiger partial charge on any atom is -0.272 e. The summed E-state index contributed by atoms with van der Waals surface area (Å²) in [5, 5.41) is 4.50. The van der Waals surface area contributed by atoms with E-state index >= 15 is 0 Å². The highest BCUT2D eigenvalue weighted by molar-refractivity contribution is 8.00. The van der Waals surface area contributed by atoms with Crippen LogP contribution < -0.4 is 5.43 Å². The number of carbonyl (C=O) groups excluding carboxylic acids is 1. The first kappa shape index (κ1) is 15.1. The Kier molecular flexibility index (Phi) is 6.22. The summed E-state index contributed by atoms with van der Waals surface area (Å²) in [4.78, 5) is 12.8. The van der Waals surface area contributed by atoms with Crippen LogP contribution in [-0.4, -0.2) is 16.9 Å². The third kappa shape index (κ3) is 5.10. The molecular weight excluding hydrogens is 268 g/mol. The summed E-state index contributed by atoms with van der Waals surface area (Å²) < 4.78 is 0. The van der Waals surface area contributed by atoms with Gasteiger partial charge in [0.25, 0.3) is 5.91 Å². The van der Waals surface area contributed by atoms with E-state index in [0.717, 1.165) is 17.0 Å². The highest BCUT2D eigenvalue weighted by atomic mass is 35.5. The van der Waals surface area contributed by atoms with Gasteiger partial charge in [0.1, 0.15) is 0 Å². The molecule has 0 aliphatic heterocycles. The van der Waals surface area contributed by atoms with Crippen molar-refractivity contribution >= 4 is 35.0 Å². The van der Waals surface area contributed by atoms with E-state index in [0.29, 0.717) is 5.02 Å². The average molecular weight is 285 g/mol. The number of nitrogens with zero attached hydrogens (tertiary/aromatic N) is 1. The highest BCUT2D eigenvalue weighted by Crippen LogP contribution is 2.24. The van der Waals surface area contributed by atoms with E-state index in [-0.39, 0.29) is 11.2 Å². The van der Waals surface area contributed by atoms with Gasteiger partial charge in [-0.3, -0.25) is 4.79 Å². The number of halogens is 1. The van der Waals surface area contributed by atoms with Crippen LogP contribution in [0.15, 0.2) is 34.3 Å². The van der Waals surface area contributed by atoms with Crippen LogP contribution in [0.3, 0.4) is 0 Å². The van der Waals surface area contributed by atoms with E-state index in [9.17, 15) is 4.79 Å². The molecule has 0 saturated heterocycles. The number of thioether (sulfide) groups is 1. The number of hydrogen-bond acceptors (Lipinski definition) is 3. The predicted molar refractivity (Wildman–Crippen MR) is 78.3 cm³/mol. The van der Waals surface area contributed by atoms with Gasteiger partial charge in [-0.2, -0.15) is 5.10 Å². The molecule has 1 N–H and O–H groups in total. The Morgan fingerprint density at radius 2 is 2.06 bits per heavy atom. The monoisotopic (exact) mass is 284 g/mol. The fourth-order valence-electron chi connectivity index (χ4n) is 1.09. The van der Waals surface area contributed by atoms with Crippen LogP contribution in [0.5, 0.6) is 0 Å². The lowest BCUT2D eigenvalue weighted by atomic mass is 10.3. The number of benzene rings is 1. The Balaban J connectivity index is 2.52. The fourth-order valence-corrected chi connectivity index (χ4v) is 2.08. The summed E-state index contributed by atoms with van der Waals surface area (Å²) in [7, 11) is 0. The van der Waals surface area contributed by atoms with Crippen LogP contribution >= 0.6 is 23.4 Å². The van der Waals surface area contributed by atoms with Gasteiger partial charge in [0.05, 0.1) is 5.25 Å². The maximum absolute atomic E-state index is 11.8. The SMILES string of the molecule is CC/C(C)=N\NC(=O)[C@H](C)Sc1ccc(Cl)cc1. The molecule has 0 spiro atoms. The second-order valence-corrected chi connectivity index (χ2v) is 5.74. The molecule has 0 bridgehead atoms. The van der Waals surface area contributed by atoms with Crippen LogP contribution in [0.25, 0.3) is 0 Å². The molecule has 1 atom stereocenters. The number of amides is 1. The van der Waals surface area contributed by atoms with Gasteiger partial charge in [-0.15, -0.1) is 11.8 Å². The van der Waals surface area contributed by atoms with E-state index in [1.807, 2.05) is 45.0 Å². The molecule has 1 rings (SSSR count). The summed E-state index contributed by atoms with van der Waals surface area (Å²) in [6, 6.07) is 7.43. The first-order valence-corrected chi connectivity index (χ1v) is 7.04. The van der Waals surface area contributed by atoms with Crippen LogP contribution in [0.4, 0.5) is 0 Å². The molecule has 0 unspecified atom stereocenters. The third-order valence-corrected chi connectivity index (χ3v) is 3.73. The van der Waals surface area contributed by atoms with Crippen molar-refractivity contribution in [1.82, 2.24) is 5.43 Å². The number of hydrazone groups is 1. The van der Waals surface area contributed by atoms with E-state index in [1.54, 1.807) is 0 Å². The molecule has 0 heterocycles. The van der Waals surface area contributed by atoms with Crippen molar-refractivity contribution in [2.75, 3.05) is 0 Å². The minimum absolute atomic E-state index is 0.0947. The van der Waals surface area contributed by atoms with Gasteiger partial charge >= 0.3 is 0 Å². The van der Waals surface area contributed by atoms with Crippen LogP contribution in [0.1, 0.15) is 27.2 Å². The number of carbonyl (C=O) groups is 1. The Bertz CT molecular complexity index is 431. The minimum atomic E-state index is -0.195. The molecule has 3 nitrogen and oxygen atoms in total. The van der Waals surface area contributed by atoms with Crippen molar-refractivity contribution in [2.45, 2.75) is 37.3 Å². The first-order chi connectivity index (χ1) is 8.52. The van der Waals surface area contributed by atoms with Gasteiger partial charge in [0.2, 0.25) is 0 Å². The second kappa shape index (κ2) is 7.44. The highest BCUT2D eigenvalue weighted by Gasteiger charge is 2.13. The maximum atomic E-state index is 11.8. The van der Waals surface area contributed by atoms with Crippen molar-refractivity contribution in [3.63, 3.8) is 0 Å². The molecule has 98 valence electrons. The van der Waals surface area contributed by atoms with Gasteiger partial charge in [0, 0.05) is 15.6 Å². The molecule has 1 amide bonds. The summed E-state index contributed by atoms with van der Waals surface area (Å²) >= 11 is 7.28. The Morgan fingerprint density at radius 1 is 1.44 bits per heavy atom. The van der Waals surface area contributed by atoms with Gasteiger partial charge in [-0.05, 0) is 44.5 Å². The van der Waals surface area contributed by atoms with E-state index in [1.165, 1.54) is 11.8 Å². The van der Waals surface area contributed by atoms with Gasteiger partial charge in [-0.1, -0.05) is 18.5 Å². The van der Waals surface area contributed by atoms with E-state index < -0.39 is 0 Å². The quantitative estimate of drug-likeness (QED) is 0.509. The lowest BCUT2D eigenvalue weighted by Gasteiger charge is -2.09. The average Bonchev–Trinajstić information content (AvgIpc) is 2.38. The van der Waals surface area contributed by atoms with Crippen molar-refractivity contribution in [1.29, 1.82) is 0 Å². The Hall–Kier alpha value is -1.00. The van der Waals surface area contributed by atoms with Crippen LogP contribution in [-0.2, 0) is 4.79 Å². The normalized spacial score (nSPS) is 13.2. The predicted octanol–water partition coefficient (Wildman–Crippen LogP) is 3.72. The molecular formula is C13H17ClN2OS. The van der Waals surface area contributed by atoms with Gasteiger partial charge < -0.3 is 0 Å². The lowest BCUT2D eigenvalue weighted by molar-refractivity contribution is -0.120. The molecule has 0 saturated carbocycles. The van der Waals surface area contributed by atoms with Crippen LogP contribution in [0, 0.1) is 0 Å². The van der Waals surface area contributed by atoms with Crippen molar-refractivity contribution in [3.8, 4) is 0 Å². The Morgan fingerprint density at radius 3 is 2.61 bits per heavy atom. The van der Waals surface area contributed by atoms with Crippen molar-refractivity contribution in [3.05, 3.63) is 29.3 Å². The summed E-state index contributed by atoms with van der Waals surface area (Å²) in [5.74, 6) is -0.0947. The van der Waals surface area contributed by atoms with Crippen molar-refractivity contribution in [2.24, 2.45) is 5.10 Å². The van der Waals surface area contributed by atoms with Crippen molar-refractivity contribution < 1.29 is 4.79 Å². The number of nitrogens with one attached hydrogen (secondary N) is 1. The molecule has 0 aromatic heterocycles. The third-order valence-electron chi connectivity index (χ3n) is 2.36. The van der Waals surface area contributed by atoms with E-state index in [2.05, 4.69) is 10.5 Å². The standard InChI is InChI=1S/C13H17ClN2OS/c1-4-9(2)15-16-13(17)10(3)18-12-7-5-11(14)6-8-12/h5-8,10H,4H2,1-3H3,(H,16,17)/b15-9-/t10-/m0/s1. The molecule has 1 aromatic rings. The molecule has 0 fully saturated rings. The second-order valence-electron chi connectivity index (χ2n) is 3.89. The molecule has 0 aliphatic rings. The Labute approximate surface area is 117 Å².